The van der Waals surface area contributed by atoms with Crippen LogP contribution in [0.4, 0.5) is 5.69 Å². The molecule has 0 spiro atoms. The van der Waals surface area contributed by atoms with Crippen LogP contribution < -0.4 is 11.1 Å². The van der Waals surface area contributed by atoms with Gasteiger partial charge in [-0.15, -0.1) is 0 Å². The summed E-state index contributed by atoms with van der Waals surface area (Å²) in [7, 11) is 4.13. The van der Waals surface area contributed by atoms with Crippen LogP contribution >= 0.6 is 0 Å². The Bertz CT molecular complexity index is 522. The molecule has 1 aromatic heterocycles. The standard InChI is InChI=1S/C14H20N4/c1-18(2)8-7-16-14-11(9-15)10-17-13-6-4-3-5-12(13)14/h3-6,10H,7-9,15H2,1-2H3,(H,16,17). The molecule has 4 heteroatoms. The van der Waals surface area contributed by atoms with Crippen molar-refractivity contribution in [3.05, 3.63) is 36.0 Å². The van der Waals surface area contributed by atoms with Gasteiger partial charge < -0.3 is 16.0 Å². The predicted octanol–water partition coefficient (Wildman–Crippen LogP) is 1.67. The van der Waals surface area contributed by atoms with Gasteiger partial charge in [-0.05, 0) is 20.2 Å². The number of nitrogens with one attached hydrogen (secondary N) is 1. The first-order valence-corrected chi connectivity index (χ1v) is 6.17. The molecule has 2 rings (SSSR count). The third-order valence-corrected chi connectivity index (χ3v) is 2.93. The first-order valence-electron chi connectivity index (χ1n) is 6.17. The number of fused-ring (bicyclic) bond motifs is 1. The molecule has 96 valence electrons. The number of likely N-dealkylation sites (N-methyl/N-ethyl adjacent to an activating group) is 1. The molecule has 3 N–H and O–H groups in total. The van der Waals surface area contributed by atoms with Gasteiger partial charge in [0.25, 0.3) is 0 Å². The molecule has 0 radical (unpaired) electrons. The van der Waals surface area contributed by atoms with Crippen LogP contribution in [0.3, 0.4) is 0 Å². The number of anilines is 1. The molecule has 0 saturated heterocycles. The highest BCUT2D eigenvalue weighted by atomic mass is 15.1. The number of nitrogens with zero attached hydrogens (tertiary/aromatic N) is 2. The minimum atomic E-state index is 0.502. The Morgan fingerprint density at radius 2 is 2.06 bits per heavy atom. The third kappa shape index (κ3) is 2.78. The molecular formula is C14H20N4. The second kappa shape index (κ2) is 5.80. The summed E-state index contributed by atoms with van der Waals surface area (Å²) in [6.45, 7) is 2.39. The summed E-state index contributed by atoms with van der Waals surface area (Å²) >= 11 is 0. The smallest absolute Gasteiger partial charge is 0.0722 e. The lowest BCUT2D eigenvalue weighted by atomic mass is 10.1. The Morgan fingerprint density at radius 3 is 2.78 bits per heavy atom. The third-order valence-electron chi connectivity index (χ3n) is 2.93. The van der Waals surface area contributed by atoms with Crippen molar-refractivity contribution in [3.8, 4) is 0 Å². The topological polar surface area (TPSA) is 54.2 Å². The van der Waals surface area contributed by atoms with Crippen LogP contribution in [0.25, 0.3) is 10.9 Å². The number of hydrogen-bond donors (Lipinski definition) is 2. The fourth-order valence-electron chi connectivity index (χ4n) is 1.95. The van der Waals surface area contributed by atoms with Gasteiger partial charge in [-0.3, -0.25) is 4.98 Å². The van der Waals surface area contributed by atoms with Crippen LogP contribution in [0, 0.1) is 0 Å². The summed E-state index contributed by atoms with van der Waals surface area (Å²) in [5.41, 5.74) is 8.96. The summed E-state index contributed by atoms with van der Waals surface area (Å²) in [6.07, 6.45) is 1.86. The van der Waals surface area contributed by atoms with Crippen LogP contribution in [-0.4, -0.2) is 37.1 Å². The van der Waals surface area contributed by atoms with E-state index in [9.17, 15) is 0 Å². The molecule has 1 heterocycles. The second-order valence-corrected chi connectivity index (χ2v) is 4.61. The zero-order valence-electron chi connectivity index (χ0n) is 11.0. The number of pyridine rings is 1. The molecule has 0 fully saturated rings. The van der Waals surface area contributed by atoms with E-state index in [1.54, 1.807) is 0 Å². The van der Waals surface area contributed by atoms with Crippen LogP contribution in [0.2, 0.25) is 0 Å². The lowest BCUT2D eigenvalue weighted by molar-refractivity contribution is 0.425. The van der Waals surface area contributed by atoms with Gasteiger partial charge in [0.15, 0.2) is 0 Å². The number of rotatable bonds is 5. The number of aromatic nitrogens is 1. The van der Waals surface area contributed by atoms with Gasteiger partial charge >= 0.3 is 0 Å². The van der Waals surface area contributed by atoms with Crippen molar-refractivity contribution in [2.45, 2.75) is 6.54 Å². The fraction of sp³-hybridized carbons (Fsp3) is 0.357. The maximum absolute atomic E-state index is 5.78. The summed E-state index contributed by atoms with van der Waals surface area (Å²) in [5, 5.41) is 4.62. The quantitative estimate of drug-likeness (QED) is 0.840. The average Bonchev–Trinajstić information content (AvgIpc) is 2.38. The molecular weight excluding hydrogens is 224 g/mol. The van der Waals surface area contributed by atoms with Gasteiger partial charge in [0.2, 0.25) is 0 Å². The highest BCUT2D eigenvalue weighted by molar-refractivity contribution is 5.92. The van der Waals surface area contributed by atoms with E-state index in [1.807, 2.05) is 24.4 Å². The van der Waals surface area contributed by atoms with E-state index in [4.69, 9.17) is 5.73 Å². The fourth-order valence-corrected chi connectivity index (χ4v) is 1.95. The van der Waals surface area contributed by atoms with E-state index in [0.29, 0.717) is 6.54 Å². The van der Waals surface area contributed by atoms with Gasteiger partial charge in [0.05, 0.1) is 5.52 Å². The van der Waals surface area contributed by atoms with Crippen LogP contribution in [0.15, 0.2) is 30.5 Å². The van der Waals surface area contributed by atoms with Crippen molar-refractivity contribution >= 4 is 16.6 Å². The van der Waals surface area contributed by atoms with Crippen molar-refractivity contribution < 1.29 is 0 Å². The predicted molar refractivity (Wildman–Crippen MR) is 76.7 cm³/mol. The molecule has 4 nitrogen and oxygen atoms in total. The Morgan fingerprint density at radius 1 is 1.28 bits per heavy atom. The van der Waals surface area contributed by atoms with Crippen molar-refractivity contribution in [2.24, 2.45) is 5.73 Å². The van der Waals surface area contributed by atoms with Crippen molar-refractivity contribution in [1.82, 2.24) is 9.88 Å². The summed E-state index contributed by atoms with van der Waals surface area (Å²) in [4.78, 5) is 6.58. The first-order chi connectivity index (χ1) is 8.72. The molecule has 0 unspecified atom stereocenters. The Balaban J connectivity index is 2.32. The first kappa shape index (κ1) is 12.8. The zero-order valence-corrected chi connectivity index (χ0v) is 11.0. The molecule has 0 saturated carbocycles. The molecule has 0 aliphatic heterocycles. The Kier molecular flexibility index (Phi) is 4.12. The van der Waals surface area contributed by atoms with Gasteiger partial charge in [0, 0.05) is 42.5 Å². The monoisotopic (exact) mass is 244 g/mol. The van der Waals surface area contributed by atoms with E-state index in [1.165, 1.54) is 0 Å². The molecule has 0 bridgehead atoms. The molecule has 0 atom stereocenters. The maximum Gasteiger partial charge on any atom is 0.0722 e. The van der Waals surface area contributed by atoms with Gasteiger partial charge in [-0.25, -0.2) is 0 Å². The van der Waals surface area contributed by atoms with Crippen molar-refractivity contribution in [3.63, 3.8) is 0 Å². The minimum Gasteiger partial charge on any atom is -0.383 e. The van der Waals surface area contributed by atoms with E-state index >= 15 is 0 Å². The largest absolute Gasteiger partial charge is 0.383 e. The minimum absolute atomic E-state index is 0.502. The Hall–Kier alpha value is -1.65. The van der Waals surface area contributed by atoms with Gasteiger partial charge in [0.1, 0.15) is 0 Å². The van der Waals surface area contributed by atoms with E-state index in [0.717, 1.165) is 35.2 Å². The van der Waals surface area contributed by atoms with Crippen molar-refractivity contribution in [2.75, 3.05) is 32.5 Å². The zero-order chi connectivity index (χ0) is 13.0. The molecule has 0 aliphatic rings. The molecule has 0 aliphatic carbocycles. The summed E-state index contributed by atoms with van der Waals surface area (Å²) in [5.74, 6) is 0. The molecule has 1 aromatic carbocycles. The van der Waals surface area contributed by atoms with Crippen molar-refractivity contribution in [1.29, 1.82) is 0 Å². The number of nitrogens with two attached hydrogens (primary N) is 1. The summed E-state index contributed by atoms with van der Waals surface area (Å²) in [6, 6.07) is 8.13. The number of benzene rings is 1. The average molecular weight is 244 g/mol. The lowest BCUT2D eigenvalue weighted by Gasteiger charge is -2.15. The Labute approximate surface area is 108 Å². The molecule has 2 aromatic rings. The highest BCUT2D eigenvalue weighted by Gasteiger charge is 2.06. The van der Waals surface area contributed by atoms with Crippen LogP contribution in [0.1, 0.15) is 5.56 Å². The maximum atomic E-state index is 5.78. The normalized spacial score (nSPS) is 11.1. The lowest BCUT2D eigenvalue weighted by Crippen LogP contribution is -2.21. The van der Waals surface area contributed by atoms with E-state index in [-0.39, 0.29) is 0 Å². The van der Waals surface area contributed by atoms with Gasteiger partial charge in [-0.1, -0.05) is 18.2 Å². The molecule has 0 amide bonds. The SMILES string of the molecule is CN(C)CCNc1c(CN)cnc2ccccc12. The van der Waals surface area contributed by atoms with Gasteiger partial charge in [-0.2, -0.15) is 0 Å². The number of hydrogen-bond acceptors (Lipinski definition) is 4. The second-order valence-electron chi connectivity index (χ2n) is 4.61. The van der Waals surface area contributed by atoms with E-state index in [2.05, 4.69) is 35.4 Å². The van der Waals surface area contributed by atoms with E-state index < -0.39 is 0 Å². The van der Waals surface area contributed by atoms with Crippen LogP contribution in [0.5, 0.6) is 0 Å². The number of para-hydroxylation sites is 1. The molecule has 18 heavy (non-hydrogen) atoms. The highest BCUT2D eigenvalue weighted by Crippen LogP contribution is 2.25. The van der Waals surface area contributed by atoms with Crippen LogP contribution in [-0.2, 0) is 6.54 Å². The summed E-state index contributed by atoms with van der Waals surface area (Å²) < 4.78 is 0.